The molecular formula is C8H4F3NO4. The van der Waals surface area contributed by atoms with Crippen LogP contribution in [0.4, 0.5) is 18.9 Å². The summed E-state index contributed by atoms with van der Waals surface area (Å²) in [4.78, 5) is 19.9. The van der Waals surface area contributed by atoms with Crippen LogP contribution in [0.1, 0.15) is 10.4 Å². The number of carbonyl (C=O) groups excluding carboxylic acids is 1. The molecule has 0 bridgehead atoms. The lowest BCUT2D eigenvalue weighted by atomic mass is 10.2. The lowest BCUT2D eigenvalue weighted by Crippen LogP contribution is -2.17. The Hall–Kier alpha value is -2.12. The standard InChI is InChI=1S/C8H4F3NO4/c9-8(10,11)16-6-1-2-7(12(14)15)5(3-6)4-13/h1-4H. The number of nitrogens with zero attached hydrogens (tertiary/aromatic N) is 1. The van der Waals surface area contributed by atoms with Gasteiger partial charge in [-0.15, -0.1) is 13.2 Å². The first-order valence-electron chi connectivity index (χ1n) is 3.83. The van der Waals surface area contributed by atoms with Crippen molar-refractivity contribution in [1.29, 1.82) is 0 Å². The van der Waals surface area contributed by atoms with Crippen LogP contribution < -0.4 is 4.74 Å². The average molecular weight is 235 g/mol. The van der Waals surface area contributed by atoms with E-state index in [2.05, 4.69) is 4.74 Å². The highest BCUT2D eigenvalue weighted by molar-refractivity contribution is 5.82. The molecule has 0 saturated carbocycles. The van der Waals surface area contributed by atoms with Crippen molar-refractivity contribution >= 4 is 12.0 Å². The number of rotatable bonds is 3. The molecule has 0 radical (unpaired) electrons. The second-order valence-corrected chi connectivity index (χ2v) is 2.64. The molecule has 0 aromatic heterocycles. The molecule has 16 heavy (non-hydrogen) atoms. The Morgan fingerprint density at radius 2 is 2.00 bits per heavy atom. The quantitative estimate of drug-likeness (QED) is 0.458. The SMILES string of the molecule is O=Cc1cc(OC(F)(F)F)ccc1[N+](=O)[O-]. The zero-order chi connectivity index (χ0) is 12.3. The van der Waals surface area contributed by atoms with Crippen LogP contribution in [0.2, 0.25) is 0 Å². The minimum Gasteiger partial charge on any atom is -0.406 e. The largest absolute Gasteiger partial charge is 0.573 e. The fourth-order valence-corrected chi connectivity index (χ4v) is 0.990. The maximum Gasteiger partial charge on any atom is 0.573 e. The minimum absolute atomic E-state index is 0.0847. The van der Waals surface area contributed by atoms with Crippen molar-refractivity contribution in [2.45, 2.75) is 6.36 Å². The van der Waals surface area contributed by atoms with Gasteiger partial charge in [-0.25, -0.2) is 0 Å². The molecule has 0 atom stereocenters. The van der Waals surface area contributed by atoms with E-state index in [1.54, 1.807) is 0 Å². The molecule has 1 aromatic carbocycles. The molecule has 0 N–H and O–H groups in total. The number of nitro groups is 1. The van der Waals surface area contributed by atoms with Gasteiger partial charge in [-0.2, -0.15) is 0 Å². The first-order chi connectivity index (χ1) is 7.33. The maximum absolute atomic E-state index is 11.8. The molecule has 1 aromatic rings. The van der Waals surface area contributed by atoms with Crippen molar-refractivity contribution in [3.63, 3.8) is 0 Å². The van der Waals surface area contributed by atoms with E-state index in [1.165, 1.54) is 0 Å². The minimum atomic E-state index is -4.91. The second-order valence-electron chi connectivity index (χ2n) is 2.64. The Kier molecular flexibility index (Phi) is 3.11. The average Bonchev–Trinajstić information content (AvgIpc) is 2.14. The highest BCUT2D eigenvalue weighted by Crippen LogP contribution is 2.27. The summed E-state index contributed by atoms with van der Waals surface area (Å²) >= 11 is 0. The van der Waals surface area contributed by atoms with Gasteiger partial charge in [-0.1, -0.05) is 0 Å². The van der Waals surface area contributed by atoms with E-state index in [0.29, 0.717) is 6.07 Å². The first kappa shape index (κ1) is 12.0. The molecule has 0 spiro atoms. The van der Waals surface area contributed by atoms with Crippen molar-refractivity contribution in [2.75, 3.05) is 0 Å². The van der Waals surface area contributed by atoms with E-state index < -0.39 is 28.3 Å². The number of nitro benzene ring substituents is 1. The smallest absolute Gasteiger partial charge is 0.406 e. The molecule has 0 heterocycles. The number of benzene rings is 1. The number of ether oxygens (including phenoxy) is 1. The first-order valence-corrected chi connectivity index (χ1v) is 3.83. The van der Waals surface area contributed by atoms with Gasteiger partial charge >= 0.3 is 6.36 Å². The van der Waals surface area contributed by atoms with Crippen LogP contribution in [0.5, 0.6) is 5.75 Å². The number of alkyl halides is 3. The van der Waals surface area contributed by atoms with E-state index >= 15 is 0 Å². The van der Waals surface area contributed by atoms with Crippen LogP contribution in [0.25, 0.3) is 0 Å². The summed E-state index contributed by atoms with van der Waals surface area (Å²) in [6.45, 7) is 0. The Labute approximate surface area is 86.6 Å². The highest BCUT2D eigenvalue weighted by atomic mass is 19.4. The predicted octanol–water partition coefficient (Wildman–Crippen LogP) is 2.31. The summed E-state index contributed by atoms with van der Waals surface area (Å²) in [5.74, 6) is -0.680. The summed E-state index contributed by atoms with van der Waals surface area (Å²) < 4.78 is 38.9. The van der Waals surface area contributed by atoms with E-state index in [9.17, 15) is 28.1 Å². The maximum atomic E-state index is 11.8. The van der Waals surface area contributed by atoms with Crippen molar-refractivity contribution in [2.24, 2.45) is 0 Å². The van der Waals surface area contributed by atoms with Crippen molar-refractivity contribution in [3.05, 3.63) is 33.9 Å². The fraction of sp³-hybridized carbons (Fsp3) is 0.125. The number of halogens is 3. The third-order valence-corrected chi connectivity index (χ3v) is 1.56. The zero-order valence-electron chi connectivity index (χ0n) is 7.52. The Balaban J connectivity index is 3.09. The molecular weight excluding hydrogens is 231 g/mol. The van der Waals surface area contributed by atoms with E-state index in [4.69, 9.17) is 0 Å². The van der Waals surface area contributed by atoms with Crippen LogP contribution in [0.15, 0.2) is 18.2 Å². The summed E-state index contributed by atoms with van der Waals surface area (Å²) in [6.07, 6.45) is -4.82. The molecule has 8 heteroatoms. The van der Waals surface area contributed by atoms with Gasteiger partial charge < -0.3 is 4.74 Å². The molecule has 0 aliphatic rings. The van der Waals surface area contributed by atoms with Crippen LogP contribution >= 0.6 is 0 Å². The number of aldehydes is 1. The molecule has 5 nitrogen and oxygen atoms in total. The number of hydrogen-bond acceptors (Lipinski definition) is 4. The van der Waals surface area contributed by atoms with Crippen LogP contribution in [0, 0.1) is 10.1 Å². The van der Waals surface area contributed by atoms with Gasteiger partial charge in [-0.05, 0) is 12.1 Å². The monoisotopic (exact) mass is 235 g/mol. The Morgan fingerprint density at radius 1 is 1.38 bits per heavy atom. The van der Waals surface area contributed by atoms with Crippen LogP contribution in [-0.2, 0) is 0 Å². The molecule has 1 rings (SSSR count). The van der Waals surface area contributed by atoms with Gasteiger partial charge in [-0.3, -0.25) is 14.9 Å². The van der Waals surface area contributed by atoms with Gasteiger partial charge in [0.25, 0.3) is 5.69 Å². The topological polar surface area (TPSA) is 69.4 Å². The van der Waals surface area contributed by atoms with E-state index in [-0.39, 0.29) is 6.29 Å². The van der Waals surface area contributed by atoms with Gasteiger partial charge in [0.15, 0.2) is 6.29 Å². The number of hydrogen-bond donors (Lipinski definition) is 0. The molecule has 0 aliphatic carbocycles. The fourth-order valence-electron chi connectivity index (χ4n) is 0.990. The van der Waals surface area contributed by atoms with E-state index in [0.717, 1.165) is 12.1 Å². The van der Waals surface area contributed by atoms with Crippen molar-refractivity contribution < 1.29 is 27.6 Å². The lowest BCUT2D eigenvalue weighted by molar-refractivity contribution is -0.385. The summed E-state index contributed by atoms with van der Waals surface area (Å²) in [5.41, 5.74) is -1.06. The normalized spacial score (nSPS) is 10.9. The molecule has 0 saturated heterocycles. The highest BCUT2D eigenvalue weighted by Gasteiger charge is 2.31. The third-order valence-electron chi connectivity index (χ3n) is 1.56. The van der Waals surface area contributed by atoms with E-state index in [1.807, 2.05) is 0 Å². The molecule has 0 unspecified atom stereocenters. The van der Waals surface area contributed by atoms with Gasteiger partial charge in [0, 0.05) is 6.07 Å². The molecule has 0 aliphatic heterocycles. The summed E-state index contributed by atoms with van der Waals surface area (Å²) in [7, 11) is 0. The number of carbonyl (C=O) groups is 1. The van der Waals surface area contributed by atoms with Gasteiger partial charge in [0.1, 0.15) is 5.75 Å². The van der Waals surface area contributed by atoms with Crippen molar-refractivity contribution in [3.8, 4) is 5.75 Å². The molecule has 86 valence electrons. The molecule has 0 amide bonds. The van der Waals surface area contributed by atoms with Gasteiger partial charge in [0.05, 0.1) is 10.5 Å². The summed E-state index contributed by atoms with van der Waals surface area (Å²) in [5, 5.41) is 10.4. The third kappa shape index (κ3) is 2.94. The Morgan fingerprint density at radius 3 is 2.44 bits per heavy atom. The molecule has 0 fully saturated rings. The predicted molar refractivity (Wildman–Crippen MR) is 45.2 cm³/mol. The van der Waals surface area contributed by atoms with Crippen LogP contribution in [0.3, 0.4) is 0 Å². The van der Waals surface area contributed by atoms with Gasteiger partial charge in [0.2, 0.25) is 0 Å². The lowest BCUT2D eigenvalue weighted by Gasteiger charge is -2.08. The second kappa shape index (κ2) is 4.17. The summed E-state index contributed by atoms with van der Waals surface area (Å²) in [6, 6.07) is 2.18. The van der Waals surface area contributed by atoms with Crippen molar-refractivity contribution in [1.82, 2.24) is 0 Å². The Bertz CT molecular complexity index is 430. The zero-order valence-corrected chi connectivity index (χ0v) is 7.52. The van der Waals surface area contributed by atoms with Crippen LogP contribution in [-0.4, -0.2) is 17.6 Å².